The summed E-state index contributed by atoms with van der Waals surface area (Å²) in [6.45, 7) is -0.00436. The number of nitrogen functional groups attached to an aromatic ring is 1. The minimum atomic E-state index is -0.630. The maximum atomic E-state index is 14.2. The van der Waals surface area contributed by atoms with Gasteiger partial charge in [0, 0.05) is 29.1 Å². The van der Waals surface area contributed by atoms with E-state index >= 15 is 0 Å². The van der Waals surface area contributed by atoms with E-state index in [1.165, 1.54) is 18.5 Å². The van der Waals surface area contributed by atoms with Crippen LogP contribution in [0.3, 0.4) is 0 Å². The number of carbonyl (C=O) groups is 1. The van der Waals surface area contributed by atoms with Gasteiger partial charge in [-0.1, -0.05) is 12.1 Å². The van der Waals surface area contributed by atoms with Crippen LogP contribution < -0.4 is 11.2 Å². The van der Waals surface area contributed by atoms with E-state index in [9.17, 15) is 9.18 Å². The average molecular weight is 287 g/mol. The molecule has 1 aliphatic heterocycles. The highest BCUT2D eigenvalue weighted by Gasteiger charge is 2.16. The summed E-state index contributed by atoms with van der Waals surface area (Å²) in [6.07, 6.45) is 2.26. The number of ether oxygens (including phenoxy) is 1. The molecule has 0 saturated carbocycles. The summed E-state index contributed by atoms with van der Waals surface area (Å²) < 4.78 is 19.0. The quantitative estimate of drug-likeness (QED) is 0.866. The van der Waals surface area contributed by atoms with Gasteiger partial charge >= 0.3 is 6.09 Å². The van der Waals surface area contributed by atoms with E-state index in [1.807, 2.05) is 0 Å². The average Bonchev–Trinajstić information content (AvgIpc) is 2.49. The Labute approximate surface area is 118 Å². The molecule has 2 heterocycles. The molecule has 1 aromatic carbocycles. The number of nitrogens with two attached hydrogens (primary N) is 1. The first kappa shape index (κ1) is 13.0. The third-order valence-corrected chi connectivity index (χ3v) is 2.91. The Morgan fingerprint density at radius 1 is 1.24 bits per heavy atom. The number of rotatable bonds is 2. The summed E-state index contributed by atoms with van der Waals surface area (Å²) in [5.41, 5.74) is 9.39. The second-order valence-corrected chi connectivity index (χ2v) is 4.27. The number of nitrogens with one attached hydrogen (secondary N) is 1. The number of hydrazone groups is 1. The number of hydrogen-bond acceptors (Lipinski definition) is 6. The van der Waals surface area contributed by atoms with Crippen molar-refractivity contribution in [2.75, 3.05) is 12.3 Å². The normalized spacial score (nSPS) is 14.1. The van der Waals surface area contributed by atoms with Crippen molar-refractivity contribution in [3.63, 3.8) is 0 Å². The van der Waals surface area contributed by atoms with Gasteiger partial charge in [0.1, 0.15) is 18.1 Å². The van der Waals surface area contributed by atoms with Gasteiger partial charge in [-0.05, 0) is 6.07 Å². The van der Waals surface area contributed by atoms with Crippen LogP contribution in [-0.2, 0) is 4.74 Å². The van der Waals surface area contributed by atoms with Crippen LogP contribution in [0.25, 0.3) is 11.1 Å². The zero-order valence-corrected chi connectivity index (χ0v) is 10.7. The highest BCUT2D eigenvalue weighted by atomic mass is 19.1. The Bertz CT molecular complexity index is 730. The Balaban J connectivity index is 1.93. The summed E-state index contributed by atoms with van der Waals surface area (Å²) in [6, 6.07) is 4.57. The molecule has 0 radical (unpaired) electrons. The van der Waals surface area contributed by atoms with Gasteiger partial charge < -0.3 is 10.5 Å². The fraction of sp³-hybridized carbons (Fsp3) is 0.0769. The van der Waals surface area contributed by atoms with E-state index in [4.69, 9.17) is 10.5 Å². The maximum absolute atomic E-state index is 14.2. The zero-order valence-electron chi connectivity index (χ0n) is 10.7. The molecule has 21 heavy (non-hydrogen) atoms. The predicted octanol–water partition coefficient (Wildman–Crippen LogP) is 1.31. The van der Waals surface area contributed by atoms with Gasteiger partial charge in [0.05, 0.1) is 0 Å². The van der Waals surface area contributed by atoms with Gasteiger partial charge in [-0.25, -0.2) is 24.6 Å². The van der Waals surface area contributed by atoms with Crippen molar-refractivity contribution in [1.82, 2.24) is 15.4 Å². The van der Waals surface area contributed by atoms with Crippen molar-refractivity contribution in [3.8, 4) is 11.1 Å². The minimum Gasteiger partial charge on any atom is -0.442 e. The number of amides is 1. The van der Waals surface area contributed by atoms with E-state index in [1.54, 1.807) is 12.1 Å². The molecule has 0 bridgehead atoms. The molecule has 1 aliphatic rings. The smallest absolute Gasteiger partial charge is 0.428 e. The lowest BCUT2D eigenvalue weighted by Crippen LogP contribution is -2.30. The van der Waals surface area contributed by atoms with Crippen LogP contribution in [0, 0.1) is 5.82 Å². The van der Waals surface area contributed by atoms with Crippen LogP contribution >= 0.6 is 0 Å². The lowest BCUT2D eigenvalue weighted by Gasteiger charge is -2.13. The molecule has 8 heteroatoms. The van der Waals surface area contributed by atoms with Gasteiger partial charge in [0.25, 0.3) is 0 Å². The molecule has 0 aliphatic carbocycles. The van der Waals surface area contributed by atoms with E-state index in [0.29, 0.717) is 22.4 Å². The number of halogens is 1. The van der Waals surface area contributed by atoms with Crippen LogP contribution in [0.2, 0.25) is 0 Å². The predicted molar refractivity (Wildman–Crippen MR) is 72.9 cm³/mol. The number of nitrogens with zero attached hydrogens (tertiary/aromatic N) is 3. The monoisotopic (exact) mass is 287 g/mol. The van der Waals surface area contributed by atoms with Crippen molar-refractivity contribution >= 4 is 17.8 Å². The first-order valence-electron chi connectivity index (χ1n) is 6.00. The van der Waals surface area contributed by atoms with Crippen LogP contribution in [0.15, 0.2) is 35.7 Å². The van der Waals surface area contributed by atoms with Gasteiger partial charge in [-0.15, -0.1) is 0 Å². The summed E-state index contributed by atoms with van der Waals surface area (Å²) in [5.74, 6) is -0.333. The van der Waals surface area contributed by atoms with Crippen molar-refractivity contribution < 1.29 is 13.9 Å². The second-order valence-electron chi connectivity index (χ2n) is 4.27. The summed E-state index contributed by atoms with van der Waals surface area (Å²) >= 11 is 0. The second kappa shape index (κ2) is 5.16. The third-order valence-electron chi connectivity index (χ3n) is 2.91. The Morgan fingerprint density at radius 3 is 2.62 bits per heavy atom. The molecule has 3 rings (SSSR count). The molecule has 0 spiro atoms. The molecular formula is C13H10FN5O2. The van der Waals surface area contributed by atoms with Crippen molar-refractivity contribution in [1.29, 1.82) is 0 Å². The standard InChI is InChI=1S/C13H10FN5O2/c14-10-3-7(11-6-21-13(20)19-18-11)1-2-9(10)8-4-16-12(15)17-5-8/h1-5H,6H2,(H,19,20)(H2,15,16,17). The van der Waals surface area contributed by atoms with E-state index in [2.05, 4.69) is 20.5 Å². The van der Waals surface area contributed by atoms with Crippen LogP contribution in [0.1, 0.15) is 5.56 Å². The van der Waals surface area contributed by atoms with Gasteiger partial charge in [0.15, 0.2) is 0 Å². The number of carbonyl (C=O) groups excluding carboxylic acids is 1. The Hall–Kier alpha value is -3.03. The molecule has 106 valence electrons. The minimum absolute atomic E-state index is 0.00436. The number of anilines is 1. The molecule has 3 N–H and O–H groups in total. The highest BCUT2D eigenvalue weighted by molar-refractivity contribution is 6.03. The molecule has 1 amide bonds. The topological polar surface area (TPSA) is 102 Å². The molecule has 0 fully saturated rings. The van der Waals surface area contributed by atoms with Gasteiger partial charge in [0.2, 0.25) is 5.95 Å². The molecule has 0 saturated heterocycles. The molecular weight excluding hydrogens is 277 g/mol. The third kappa shape index (κ3) is 2.64. The van der Waals surface area contributed by atoms with Crippen LogP contribution in [0.5, 0.6) is 0 Å². The highest BCUT2D eigenvalue weighted by Crippen LogP contribution is 2.23. The maximum Gasteiger partial charge on any atom is 0.428 e. The number of hydrogen-bond donors (Lipinski definition) is 2. The Kier molecular flexibility index (Phi) is 3.19. The zero-order chi connectivity index (χ0) is 14.8. The number of cyclic esters (lactones) is 1. The van der Waals surface area contributed by atoms with E-state index < -0.39 is 11.9 Å². The van der Waals surface area contributed by atoms with Crippen LogP contribution in [0.4, 0.5) is 15.1 Å². The van der Waals surface area contributed by atoms with Gasteiger partial charge in [-0.2, -0.15) is 5.10 Å². The summed E-state index contributed by atoms with van der Waals surface area (Å²) in [7, 11) is 0. The lowest BCUT2D eigenvalue weighted by atomic mass is 10.0. The van der Waals surface area contributed by atoms with Crippen molar-refractivity contribution in [2.45, 2.75) is 0 Å². The van der Waals surface area contributed by atoms with E-state index in [0.717, 1.165) is 0 Å². The molecule has 0 unspecified atom stereocenters. The SMILES string of the molecule is Nc1ncc(-c2ccc(C3=NNC(=O)OC3)cc2F)cn1. The largest absolute Gasteiger partial charge is 0.442 e. The first-order chi connectivity index (χ1) is 10.1. The van der Waals surface area contributed by atoms with Crippen molar-refractivity contribution in [3.05, 3.63) is 42.0 Å². The molecule has 7 nitrogen and oxygen atoms in total. The molecule has 2 aromatic rings. The fourth-order valence-corrected chi connectivity index (χ4v) is 1.87. The molecule has 0 atom stereocenters. The van der Waals surface area contributed by atoms with Gasteiger partial charge in [-0.3, -0.25) is 0 Å². The number of benzene rings is 1. The van der Waals surface area contributed by atoms with E-state index in [-0.39, 0.29) is 12.6 Å². The Morgan fingerprint density at radius 2 is 2.00 bits per heavy atom. The first-order valence-corrected chi connectivity index (χ1v) is 6.00. The summed E-state index contributed by atoms with van der Waals surface area (Å²) in [5, 5.41) is 3.82. The molecule has 1 aromatic heterocycles. The van der Waals surface area contributed by atoms with Crippen LogP contribution in [-0.4, -0.2) is 28.4 Å². The fourth-order valence-electron chi connectivity index (χ4n) is 1.87. The lowest BCUT2D eigenvalue weighted by molar-refractivity contribution is 0.157. The summed E-state index contributed by atoms with van der Waals surface area (Å²) in [4.78, 5) is 18.5. The van der Waals surface area contributed by atoms with Crippen molar-refractivity contribution in [2.24, 2.45) is 5.10 Å². The number of aromatic nitrogens is 2.